The molecule has 6 nitrogen and oxygen atoms in total. The largest absolute Gasteiger partial charge is 0.409 e. The van der Waals surface area contributed by atoms with Crippen LogP contribution < -0.4 is 16.8 Å². The fourth-order valence-electron chi connectivity index (χ4n) is 1.63. The van der Waals surface area contributed by atoms with Crippen molar-refractivity contribution in [1.29, 1.82) is 0 Å². The summed E-state index contributed by atoms with van der Waals surface area (Å²) in [5.41, 5.74) is 10.2. The van der Waals surface area contributed by atoms with Gasteiger partial charge in [-0.25, -0.2) is 0 Å². The summed E-state index contributed by atoms with van der Waals surface area (Å²) in [6.45, 7) is 5.78. The van der Waals surface area contributed by atoms with Crippen LogP contribution >= 0.6 is 0 Å². The summed E-state index contributed by atoms with van der Waals surface area (Å²) in [6, 6.07) is 0.0604. The maximum atomic E-state index is 10.9. The molecule has 0 fully saturated rings. The molecule has 0 aliphatic heterocycles. The van der Waals surface area contributed by atoms with Crippen molar-refractivity contribution >= 4 is 11.7 Å². The molecule has 0 aliphatic rings. The highest BCUT2D eigenvalue weighted by molar-refractivity contribution is 5.80. The Kier molecular flexibility index (Phi) is 5.81. The van der Waals surface area contributed by atoms with Crippen molar-refractivity contribution in [3.05, 3.63) is 0 Å². The smallest absolute Gasteiger partial charge is 0.219 e. The summed E-state index contributed by atoms with van der Waals surface area (Å²) in [7, 11) is 0. The normalized spacial score (nSPS) is 14.8. The van der Waals surface area contributed by atoms with E-state index in [4.69, 9.17) is 16.7 Å². The fraction of sp³-hybridized carbons (Fsp3) is 0.800. The molecule has 1 unspecified atom stereocenters. The molecule has 6 heteroatoms. The average molecular weight is 230 g/mol. The Morgan fingerprint density at radius 2 is 2.06 bits per heavy atom. The number of hydrogen-bond acceptors (Lipinski definition) is 4. The first-order valence-corrected chi connectivity index (χ1v) is 5.33. The quantitative estimate of drug-likeness (QED) is 0.216. The standard InChI is InChI=1S/C10H22N4O2/c1-4-7(5-8(11)14-16)13-10(2,3)6-9(12)15/h7,13,16H,4-6H2,1-3H3,(H2,11,14)(H2,12,15). The van der Waals surface area contributed by atoms with Gasteiger partial charge in [0.1, 0.15) is 5.84 Å². The molecule has 0 radical (unpaired) electrons. The van der Waals surface area contributed by atoms with Crippen LogP contribution in [0, 0.1) is 0 Å². The van der Waals surface area contributed by atoms with Gasteiger partial charge in [0.05, 0.1) is 0 Å². The molecule has 0 aromatic heterocycles. The maximum absolute atomic E-state index is 10.9. The second-order valence-electron chi connectivity index (χ2n) is 4.57. The van der Waals surface area contributed by atoms with Gasteiger partial charge in [-0.15, -0.1) is 0 Å². The number of primary amides is 1. The average Bonchev–Trinajstić information content (AvgIpc) is 2.13. The number of carbonyl (C=O) groups is 1. The fourth-order valence-corrected chi connectivity index (χ4v) is 1.63. The number of carbonyl (C=O) groups excluding carboxylic acids is 1. The predicted molar refractivity (Wildman–Crippen MR) is 63.1 cm³/mol. The zero-order valence-corrected chi connectivity index (χ0v) is 10.2. The van der Waals surface area contributed by atoms with Crippen LogP contribution in [0.4, 0.5) is 0 Å². The van der Waals surface area contributed by atoms with Gasteiger partial charge in [0, 0.05) is 24.4 Å². The van der Waals surface area contributed by atoms with Crippen LogP contribution in [0.5, 0.6) is 0 Å². The van der Waals surface area contributed by atoms with Gasteiger partial charge in [-0.05, 0) is 20.3 Å². The van der Waals surface area contributed by atoms with Crippen molar-refractivity contribution in [1.82, 2.24) is 5.32 Å². The third kappa shape index (κ3) is 6.23. The molecule has 0 bridgehead atoms. The van der Waals surface area contributed by atoms with E-state index in [2.05, 4.69) is 10.5 Å². The first-order chi connectivity index (χ1) is 7.30. The van der Waals surface area contributed by atoms with Crippen molar-refractivity contribution in [2.24, 2.45) is 16.6 Å². The highest BCUT2D eigenvalue weighted by Crippen LogP contribution is 2.11. The number of amidine groups is 1. The molecule has 94 valence electrons. The first kappa shape index (κ1) is 14.7. The van der Waals surface area contributed by atoms with Crippen molar-refractivity contribution in [2.45, 2.75) is 51.6 Å². The highest BCUT2D eigenvalue weighted by Gasteiger charge is 2.23. The molecule has 0 rings (SSSR count). The monoisotopic (exact) mass is 230 g/mol. The second kappa shape index (κ2) is 6.32. The molecule has 0 saturated heterocycles. The minimum absolute atomic E-state index is 0.0604. The first-order valence-electron chi connectivity index (χ1n) is 5.33. The van der Waals surface area contributed by atoms with Gasteiger partial charge in [-0.3, -0.25) is 4.79 Å². The van der Waals surface area contributed by atoms with Crippen molar-refractivity contribution in [3.63, 3.8) is 0 Å². The molecule has 16 heavy (non-hydrogen) atoms. The molecule has 1 amide bonds. The van der Waals surface area contributed by atoms with Gasteiger partial charge in [0.2, 0.25) is 5.91 Å². The lowest BCUT2D eigenvalue weighted by Crippen LogP contribution is -2.49. The summed E-state index contributed by atoms with van der Waals surface area (Å²) in [5.74, 6) is -0.176. The van der Waals surface area contributed by atoms with Gasteiger partial charge < -0.3 is 22.0 Å². The zero-order valence-electron chi connectivity index (χ0n) is 10.2. The van der Waals surface area contributed by atoms with E-state index in [1.165, 1.54) is 0 Å². The summed E-state index contributed by atoms with van der Waals surface area (Å²) < 4.78 is 0. The lowest BCUT2D eigenvalue weighted by atomic mass is 9.97. The van der Waals surface area contributed by atoms with Crippen LogP contribution in [0.3, 0.4) is 0 Å². The molecule has 1 atom stereocenters. The van der Waals surface area contributed by atoms with Crippen LogP contribution in [0.15, 0.2) is 5.16 Å². The summed E-state index contributed by atoms with van der Waals surface area (Å²) in [5, 5.41) is 14.7. The van der Waals surface area contributed by atoms with Crippen molar-refractivity contribution < 1.29 is 10.0 Å². The molecule has 0 aliphatic carbocycles. The molecule has 6 N–H and O–H groups in total. The number of nitrogens with one attached hydrogen (secondary N) is 1. The molecule has 0 aromatic rings. The molecule has 0 heterocycles. The zero-order chi connectivity index (χ0) is 12.8. The number of rotatable bonds is 7. The van der Waals surface area contributed by atoms with Crippen LogP contribution in [-0.2, 0) is 4.79 Å². The Balaban J connectivity index is 4.35. The summed E-state index contributed by atoms with van der Waals surface area (Å²) in [4.78, 5) is 10.9. The van der Waals surface area contributed by atoms with Crippen LogP contribution in [0.1, 0.15) is 40.0 Å². The van der Waals surface area contributed by atoms with Gasteiger partial charge in [0.25, 0.3) is 0 Å². The second-order valence-corrected chi connectivity index (χ2v) is 4.57. The Bertz CT molecular complexity index is 264. The van der Waals surface area contributed by atoms with E-state index in [-0.39, 0.29) is 29.7 Å². The van der Waals surface area contributed by atoms with Gasteiger partial charge in [-0.2, -0.15) is 0 Å². The summed E-state index contributed by atoms with van der Waals surface area (Å²) >= 11 is 0. The third-order valence-electron chi connectivity index (χ3n) is 2.29. The highest BCUT2D eigenvalue weighted by atomic mass is 16.4. The Morgan fingerprint density at radius 3 is 2.44 bits per heavy atom. The van der Waals surface area contributed by atoms with E-state index in [1.54, 1.807) is 0 Å². The predicted octanol–water partition coefficient (Wildman–Crippen LogP) is 0.145. The summed E-state index contributed by atoms with van der Waals surface area (Å²) in [6.07, 6.45) is 1.51. The molecular weight excluding hydrogens is 208 g/mol. The van der Waals surface area contributed by atoms with Crippen LogP contribution in [-0.4, -0.2) is 28.5 Å². The van der Waals surface area contributed by atoms with E-state index >= 15 is 0 Å². The maximum Gasteiger partial charge on any atom is 0.219 e. The molecule has 0 aromatic carbocycles. The van der Waals surface area contributed by atoms with Gasteiger partial charge in [0.15, 0.2) is 0 Å². The van der Waals surface area contributed by atoms with E-state index in [0.717, 1.165) is 6.42 Å². The van der Waals surface area contributed by atoms with Crippen molar-refractivity contribution in [3.8, 4) is 0 Å². The number of nitrogens with two attached hydrogens (primary N) is 2. The third-order valence-corrected chi connectivity index (χ3v) is 2.29. The lowest BCUT2D eigenvalue weighted by molar-refractivity contribution is -0.119. The van der Waals surface area contributed by atoms with E-state index in [0.29, 0.717) is 6.42 Å². The van der Waals surface area contributed by atoms with E-state index in [1.807, 2.05) is 20.8 Å². The number of hydrogen-bond donors (Lipinski definition) is 4. The molecule has 0 spiro atoms. The Morgan fingerprint density at radius 1 is 1.50 bits per heavy atom. The van der Waals surface area contributed by atoms with Crippen LogP contribution in [0.2, 0.25) is 0 Å². The number of oxime groups is 1. The minimum Gasteiger partial charge on any atom is -0.409 e. The topological polar surface area (TPSA) is 114 Å². The van der Waals surface area contributed by atoms with E-state index < -0.39 is 0 Å². The number of amides is 1. The van der Waals surface area contributed by atoms with Crippen molar-refractivity contribution in [2.75, 3.05) is 0 Å². The SMILES string of the molecule is CCC(CC(N)=NO)NC(C)(C)CC(N)=O. The van der Waals surface area contributed by atoms with Gasteiger partial charge in [-0.1, -0.05) is 12.1 Å². The Labute approximate surface area is 96.1 Å². The minimum atomic E-state index is -0.387. The van der Waals surface area contributed by atoms with Gasteiger partial charge >= 0.3 is 0 Å². The molecule has 0 saturated carbocycles. The number of nitrogens with zero attached hydrogens (tertiary/aromatic N) is 1. The Hall–Kier alpha value is -1.30. The van der Waals surface area contributed by atoms with Crippen LogP contribution in [0.25, 0.3) is 0 Å². The lowest BCUT2D eigenvalue weighted by Gasteiger charge is -2.30. The van der Waals surface area contributed by atoms with E-state index in [9.17, 15) is 4.79 Å². The molecular formula is C10H22N4O2.